The maximum Gasteiger partial charge on any atom is 0.0303 e. The Hall–Kier alpha value is -5.53. The van der Waals surface area contributed by atoms with Crippen molar-refractivity contribution in [1.82, 2.24) is 4.98 Å². The summed E-state index contributed by atoms with van der Waals surface area (Å²) in [5, 5.41) is 7.60. The Morgan fingerprint density at radius 2 is 0.837 bits per heavy atom. The van der Waals surface area contributed by atoms with Gasteiger partial charge in [-0.05, 0) is 95.4 Å². The molecule has 7 aromatic carbocycles. The topological polar surface area (TPSA) is 12.9 Å². The monoisotopic (exact) mass is 547 g/mol. The first-order chi connectivity index (χ1) is 21.3. The molecular weight excluding hydrogens is 518 g/mol. The predicted molar refractivity (Wildman–Crippen MR) is 183 cm³/mol. The van der Waals surface area contributed by atoms with Gasteiger partial charge in [0.25, 0.3) is 0 Å². The smallest absolute Gasteiger partial charge is 0.0303 e. The molecule has 43 heavy (non-hydrogen) atoms. The standard InChI is InChI=1S/C42H29N/c1-28-27-43-26-25-32(28)30-21-23-31(24-22-30)41-37-13-5-7-15-39(37)42(40-16-8-6-14-38(40)41)36-20-10-18-34-33(17-9-19-35(34)36)29-11-3-2-4-12-29/h2-27H,1H3. The van der Waals surface area contributed by atoms with Gasteiger partial charge in [0.05, 0.1) is 0 Å². The van der Waals surface area contributed by atoms with Crippen LogP contribution in [0.2, 0.25) is 0 Å². The number of aryl methyl sites for hydroxylation is 1. The molecule has 0 unspecified atom stereocenters. The van der Waals surface area contributed by atoms with E-state index < -0.39 is 0 Å². The summed E-state index contributed by atoms with van der Waals surface area (Å²) in [6.45, 7) is 2.12. The minimum absolute atomic E-state index is 1.18. The van der Waals surface area contributed by atoms with Gasteiger partial charge in [0, 0.05) is 12.4 Å². The third kappa shape index (κ3) is 4.21. The van der Waals surface area contributed by atoms with E-state index in [1.807, 2.05) is 12.4 Å². The molecule has 0 N–H and O–H groups in total. The van der Waals surface area contributed by atoms with Crippen molar-refractivity contribution in [2.24, 2.45) is 0 Å². The van der Waals surface area contributed by atoms with E-state index in [0.717, 1.165) is 0 Å². The molecule has 0 saturated heterocycles. The maximum absolute atomic E-state index is 4.28. The third-order valence-corrected chi connectivity index (χ3v) is 8.71. The van der Waals surface area contributed by atoms with Gasteiger partial charge in [-0.25, -0.2) is 0 Å². The third-order valence-electron chi connectivity index (χ3n) is 8.71. The molecule has 0 fully saturated rings. The second kappa shape index (κ2) is 10.4. The van der Waals surface area contributed by atoms with Gasteiger partial charge >= 0.3 is 0 Å². The molecule has 0 aliphatic heterocycles. The molecular formula is C42H29N. The number of hydrogen-bond acceptors (Lipinski definition) is 1. The maximum atomic E-state index is 4.28. The van der Waals surface area contributed by atoms with Gasteiger partial charge < -0.3 is 0 Å². The fourth-order valence-electron chi connectivity index (χ4n) is 6.74. The highest BCUT2D eigenvalue weighted by Gasteiger charge is 2.18. The van der Waals surface area contributed by atoms with E-state index in [4.69, 9.17) is 0 Å². The van der Waals surface area contributed by atoms with Gasteiger partial charge in [-0.2, -0.15) is 0 Å². The Labute approximate surface area is 251 Å². The van der Waals surface area contributed by atoms with Gasteiger partial charge in [-0.1, -0.05) is 140 Å². The minimum atomic E-state index is 1.18. The summed E-state index contributed by atoms with van der Waals surface area (Å²) in [6.07, 6.45) is 3.80. The average Bonchev–Trinajstić information content (AvgIpc) is 3.07. The Kier molecular flexibility index (Phi) is 6.09. The lowest BCUT2D eigenvalue weighted by atomic mass is 9.84. The molecule has 8 rings (SSSR count). The number of rotatable bonds is 4. The Bertz CT molecular complexity index is 2220. The average molecular weight is 548 g/mol. The van der Waals surface area contributed by atoms with Gasteiger partial charge in [0.15, 0.2) is 0 Å². The van der Waals surface area contributed by atoms with Gasteiger partial charge in [-0.3, -0.25) is 4.98 Å². The Morgan fingerprint density at radius 1 is 0.349 bits per heavy atom. The largest absolute Gasteiger partial charge is 0.264 e. The Balaban J connectivity index is 1.40. The second-order valence-electron chi connectivity index (χ2n) is 11.2. The van der Waals surface area contributed by atoms with Crippen LogP contribution in [0.4, 0.5) is 0 Å². The number of hydrogen-bond donors (Lipinski definition) is 0. The SMILES string of the molecule is Cc1cnccc1-c1ccc(-c2c3ccccc3c(-c3cccc4c(-c5ccccc5)cccc34)c3ccccc23)cc1. The number of aromatic nitrogens is 1. The molecule has 0 amide bonds. The van der Waals surface area contributed by atoms with Crippen molar-refractivity contribution >= 4 is 32.3 Å². The molecule has 1 nitrogen and oxygen atoms in total. The first kappa shape index (κ1) is 25.2. The van der Waals surface area contributed by atoms with Crippen LogP contribution < -0.4 is 0 Å². The summed E-state index contributed by atoms with van der Waals surface area (Å²) >= 11 is 0. The molecule has 1 heteroatoms. The lowest BCUT2D eigenvalue weighted by Gasteiger charge is -2.19. The summed E-state index contributed by atoms with van der Waals surface area (Å²) in [4.78, 5) is 4.28. The zero-order valence-electron chi connectivity index (χ0n) is 24.0. The van der Waals surface area contributed by atoms with E-state index in [2.05, 4.69) is 158 Å². The van der Waals surface area contributed by atoms with Gasteiger partial charge in [0.2, 0.25) is 0 Å². The predicted octanol–water partition coefficient (Wildman–Crippen LogP) is 11.5. The van der Waals surface area contributed by atoms with Gasteiger partial charge in [-0.15, -0.1) is 0 Å². The molecule has 0 aliphatic rings. The number of fused-ring (bicyclic) bond motifs is 3. The first-order valence-corrected chi connectivity index (χ1v) is 14.8. The van der Waals surface area contributed by atoms with Crippen LogP contribution >= 0.6 is 0 Å². The molecule has 0 saturated carbocycles. The molecule has 1 heterocycles. The molecule has 8 aromatic rings. The fraction of sp³-hybridized carbons (Fsp3) is 0.0238. The number of nitrogens with zero attached hydrogens (tertiary/aromatic N) is 1. The lowest BCUT2D eigenvalue weighted by molar-refractivity contribution is 1.27. The van der Waals surface area contributed by atoms with Gasteiger partial charge in [0.1, 0.15) is 0 Å². The molecule has 0 radical (unpaired) electrons. The van der Waals surface area contributed by atoms with Crippen molar-refractivity contribution in [2.75, 3.05) is 0 Å². The van der Waals surface area contributed by atoms with Crippen LogP contribution in [0.25, 0.3) is 76.8 Å². The number of pyridine rings is 1. The van der Waals surface area contributed by atoms with Crippen molar-refractivity contribution in [2.45, 2.75) is 6.92 Å². The lowest BCUT2D eigenvalue weighted by Crippen LogP contribution is -1.92. The van der Waals surface area contributed by atoms with Crippen molar-refractivity contribution < 1.29 is 0 Å². The Morgan fingerprint density at radius 3 is 1.47 bits per heavy atom. The van der Waals surface area contributed by atoms with Crippen LogP contribution in [-0.2, 0) is 0 Å². The highest BCUT2D eigenvalue weighted by molar-refractivity contribution is 6.24. The van der Waals surface area contributed by atoms with Crippen molar-refractivity contribution in [3.05, 3.63) is 164 Å². The van der Waals surface area contributed by atoms with Crippen LogP contribution in [0, 0.1) is 6.92 Å². The summed E-state index contributed by atoms with van der Waals surface area (Å²) in [6, 6.07) is 53.1. The highest BCUT2D eigenvalue weighted by Crippen LogP contribution is 2.46. The van der Waals surface area contributed by atoms with Crippen molar-refractivity contribution in [3.8, 4) is 44.5 Å². The molecule has 0 atom stereocenters. The van der Waals surface area contributed by atoms with Crippen molar-refractivity contribution in [3.63, 3.8) is 0 Å². The van der Waals surface area contributed by atoms with Crippen LogP contribution in [0.1, 0.15) is 5.56 Å². The quantitative estimate of drug-likeness (QED) is 0.200. The van der Waals surface area contributed by atoms with E-state index in [1.165, 1.54) is 82.4 Å². The highest BCUT2D eigenvalue weighted by atomic mass is 14.6. The second-order valence-corrected chi connectivity index (χ2v) is 11.2. The molecule has 0 spiro atoms. The first-order valence-electron chi connectivity index (χ1n) is 14.8. The normalized spacial score (nSPS) is 11.4. The zero-order chi connectivity index (χ0) is 28.8. The summed E-state index contributed by atoms with van der Waals surface area (Å²) < 4.78 is 0. The van der Waals surface area contributed by atoms with Crippen molar-refractivity contribution in [1.29, 1.82) is 0 Å². The minimum Gasteiger partial charge on any atom is -0.264 e. The van der Waals surface area contributed by atoms with Crippen LogP contribution in [0.5, 0.6) is 0 Å². The number of benzene rings is 7. The van der Waals surface area contributed by atoms with E-state index in [0.29, 0.717) is 0 Å². The molecule has 202 valence electrons. The van der Waals surface area contributed by atoms with E-state index in [1.54, 1.807) is 0 Å². The summed E-state index contributed by atoms with van der Waals surface area (Å²) in [5.41, 5.74) is 11.2. The molecule has 0 bridgehead atoms. The van der Waals surface area contributed by atoms with E-state index in [-0.39, 0.29) is 0 Å². The van der Waals surface area contributed by atoms with E-state index in [9.17, 15) is 0 Å². The zero-order valence-corrected chi connectivity index (χ0v) is 24.0. The summed E-state index contributed by atoms with van der Waals surface area (Å²) in [7, 11) is 0. The fourth-order valence-corrected chi connectivity index (χ4v) is 6.74. The van der Waals surface area contributed by atoms with E-state index >= 15 is 0 Å². The van der Waals surface area contributed by atoms with Crippen LogP contribution in [0.15, 0.2) is 158 Å². The van der Waals surface area contributed by atoms with Crippen LogP contribution in [0.3, 0.4) is 0 Å². The summed E-state index contributed by atoms with van der Waals surface area (Å²) in [5.74, 6) is 0. The van der Waals surface area contributed by atoms with Crippen LogP contribution in [-0.4, -0.2) is 4.98 Å². The molecule has 0 aliphatic carbocycles. The molecule has 1 aromatic heterocycles.